The van der Waals surface area contributed by atoms with Crippen molar-refractivity contribution >= 4 is 34.4 Å². The van der Waals surface area contributed by atoms with E-state index in [2.05, 4.69) is 5.32 Å². The second-order valence-electron chi connectivity index (χ2n) is 6.47. The van der Waals surface area contributed by atoms with Crippen LogP contribution in [0.2, 0.25) is 0 Å². The summed E-state index contributed by atoms with van der Waals surface area (Å²) in [7, 11) is 0. The van der Waals surface area contributed by atoms with Crippen LogP contribution in [0, 0.1) is 15.9 Å². The van der Waals surface area contributed by atoms with Gasteiger partial charge in [0.15, 0.2) is 0 Å². The zero-order chi connectivity index (χ0) is 21.3. The lowest BCUT2D eigenvalue weighted by Crippen LogP contribution is -2.32. The van der Waals surface area contributed by atoms with Gasteiger partial charge in [-0.15, -0.1) is 0 Å². The van der Waals surface area contributed by atoms with Crippen molar-refractivity contribution in [2.45, 2.75) is 0 Å². The summed E-state index contributed by atoms with van der Waals surface area (Å²) in [5.41, 5.74) is 0.863. The molecule has 4 rings (SSSR count). The van der Waals surface area contributed by atoms with Gasteiger partial charge in [0.05, 0.1) is 16.2 Å². The smallest absolute Gasteiger partial charge is 0.282 e. The molecule has 1 heterocycles. The minimum Gasteiger partial charge on any atom is -0.350 e. The van der Waals surface area contributed by atoms with Gasteiger partial charge < -0.3 is 5.32 Å². The summed E-state index contributed by atoms with van der Waals surface area (Å²) in [5, 5.41) is 13.8. The number of nitro benzene ring substituents is 1. The molecule has 0 radical (unpaired) electrons. The van der Waals surface area contributed by atoms with Crippen LogP contribution in [0.4, 0.5) is 21.5 Å². The number of anilines is 2. The van der Waals surface area contributed by atoms with E-state index in [1.165, 1.54) is 42.5 Å². The van der Waals surface area contributed by atoms with Crippen LogP contribution in [0.5, 0.6) is 0 Å². The normalized spacial score (nSPS) is 13.7. The van der Waals surface area contributed by atoms with E-state index in [0.717, 1.165) is 4.90 Å². The predicted molar refractivity (Wildman–Crippen MR) is 109 cm³/mol. The minimum absolute atomic E-state index is 0.0386. The third-order valence-electron chi connectivity index (χ3n) is 4.56. The van der Waals surface area contributed by atoms with Crippen molar-refractivity contribution < 1.29 is 18.9 Å². The summed E-state index contributed by atoms with van der Waals surface area (Å²) in [5.74, 6) is -1.70. The topological polar surface area (TPSA) is 92.5 Å². The number of para-hydroxylation sites is 1. The first kappa shape index (κ1) is 19.0. The summed E-state index contributed by atoms with van der Waals surface area (Å²) in [6.45, 7) is 0. The highest BCUT2D eigenvalue weighted by molar-refractivity contribution is 6.46. The van der Waals surface area contributed by atoms with Crippen LogP contribution in [0.1, 0.15) is 5.56 Å². The lowest BCUT2D eigenvalue weighted by atomic mass is 10.0. The molecule has 0 aromatic heterocycles. The average molecular weight is 403 g/mol. The molecule has 1 N–H and O–H groups in total. The number of amides is 2. The third-order valence-corrected chi connectivity index (χ3v) is 4.56. The van der Waals surface area contributed by atoms with E-state index in [1.54, 1.807) is 36.4 Å². The number of nitro groups is 1. The number of carbonyl (C=O) groups excluding carboxylic acids is 2. The van der Waals surface area contributed by atoms with Crippen LogP contribution in [0.3, 0.4) is 0 Å². The second-order valence-corrected chi connectivity index (χ2v) is 6.47. The summed E-state index contributed by atoms with van der Waals surface area (Å²) in [6, 6.07) is 19.2. The molecule has 0 atom stereocenters. The Morgan fingerprint density at radius 3 is 2.20 bits per heavy atom. The Morgan fingerprint density at radius 1 is 0.867 bits per heavy atom. The van der Waals surface area contributed by atoms with Gasteiger partial charge in [0.25, 0.3) is 17.5 Å². The van der Waals surface area contributed by atoms with Crippen LogP contribution < -0.4 is 10.2 Å². The zero-order valence-electron chi connectivity index (χ0n) is 15.4. The highest BCUT2D eigenvalue weighted by atomic mass is 19.1. The molecular formula is C22H14FN3O4. The van der Waals surface area contributed by atoms with Crippen molar-refractivity contribution in [2.24, 2.45) is 0 Å². The number of imide groups is 1. The van der Waals surface area contributed by atoms with Gasteiger partial charge in [-0.2, -0.15) is 0 Å². The summed E-state index contributed by atoms with van der Waals surface area (Å²) in [6.07, 6.45) is 0. The molecule has 0 bridgehead atoms. The van der Waals surface area contributed by atoms with Crippen molar-refractivity contribution in [2.75, 3.05) is 10.2 Å². The molecule has 0 saturated heterocycles. The molecule has 1 aliphatic heterocycles. The molecule has 148 valence electrons. The Labute approximate surface area is 170 Å². The number of nitrogens with zero attached hydrogens (tertiary/aromatic N) is 2. The van der Waals surface area contributed by atoms with Gasteiger partial charge in [0.1, 0.15) is 11.5 Å². The minimum atomic E-state index is -0.608. The Hall–Kier alpha value is -4.33. The largest absolute Gasteiger partial charge is 0.350 e. The number of benzene rings is 3. The van der Waals surface area contributed by atoms with E-state index >= 15 is 0 Å². The molecule has 7 nitrogen and oxygen atoms in total. The Balaban J connectivity index is 1.82. The summed E-state index contributed by atoms with van der Waals surface area (Å²) in [4.78, 5) is 37.7. The first-order valence-electron chi connectivity index (χ1n) is 8.91. The number of rotatable bonds is 5. The quantitative estimate of drug-likeness (QED) is 0.393. The highest BCUT2D eigenvalue weighted by Gasteiger charge is 2.40. The van der Waals surface area contributed by atoms with Gasteiger partial charge in [0.2, 0.25) is 0 Å². The first-order valence-corrected chi connectivity index (χ1v) is 8.91. The number of halogens is 1. The van der Waals surface area contributed by atoms with Crippen molar-refractivity contribution in [3.63, 3.8) is 0 Å². The molecule has 8 heteroatoms. The molecule has 0 unspecified atom stereocenters. The first-order chi connectivity index (χ1) is 14.5. The molecule has 30 heavy (non-hydrogen) atoms. The second kappa shape index (κ2) is 7.59. The summed E-state index contributed by atoms with van der Waals surface area (Å²) >= 11 is 0. The fourth-order valence-corrected chi connectivity index (χ4v) is 3.19. The molecule has 1 aliphatic rings. The number of hydrogen-bond acceptors (Lipinski definition) is 5. The van der Waals surface area contributed by atoms with E-state index < -0.39 is 22.6 Å². The van der Waals surface area contributed by atoms with Gasteiger partial charge in [-0.05, 0) is 48.0 Å². The maximum absolute atomic E-state index is 13.6. The Kier molecular flexibility index (Phi) is 4.81. The summed E-state index contributed by atoms with van der Waals surface area (Å²) < 4.78 is 13.6. The maximum atomic E-state index is 13.6. The molecule has 0 aliphatic carbocycles. The molecule has 0 spiro atoms. The van der Waals surface area contributed by atoms with E-state index in [1.807, 2.05) is 0 Å². The number of non-ortho nitro benzene ring substituents is 1. The van der Waals surface area contributed by atoms with Gasteiger partial charge >= 0.3 is 0 Å². The Morgan fingerprint density at radius 2 is 1.57 bits per heavy atom. The van der Waals surface area contributed by atoms with E-state index in [0.29, 0.717) is 16.9 Å². The van der Waals surface area contributed by atoms with Crippen molar-refractivity contribution in [1.29, 1.82) is 0 Å². The lowest BCUT2D eigenvalue weighted by Gasteiger charge is -2.15. The van der Waals surface area contributed by atoms with Gasteiger partial charge in [0, 0.05) is 17.8 Å². The van der Waals surface area contributed by atoms with E-state index in [-0.39, 0.29) is 17.0 Å². The SMILES string of the molecule is O=C1C(Nc2cccc(F)c2)=C(c2ccc([N+](=O)[O-])cc2)C(=O)N1c1ccccc1. The monoisotopic (exact) mass is 403 g/mol. The number of carbonyl (C=O) groups is 2. The molecule has 0 fully saturated rings. The van der Waals surface area contributed by atoms with Crippen LogP contribution >= 0.6 is 0 Å². The van der Waals surface area contributed by atoms with Crippen molar-refractivity contribution in [3.8, 4) is 0 Å². The predicted octanol–water partition coefficient (Wildman–Crippen LogP) is 4.13. The highest BCUT2D eigenvalue weighted by Crippen LogP contribution is 2.34. The van der Waals surface area contributed by atoms with Gasteiger partial charge in [-0.25, -0.2) is 9.29 Å². The van der Waals surface area contributed by atoms with Crippen LogP contribution in [0.15, 0.2) is 84.6 Å². The van der Waals surface area contributed by atoms with E-state index in [9.17, 15) is 24.1 Å². The number of nitrogens with one attached hydrogen (secondary N) is 1. The van der Waals surface area contributed by atoms with Crippen LogP contribution in [-0.4, -0.2) is 16.7 Å². The molecule has 3 aromatic carbocycles. The average Bonchev–Trinajstić information content (AvgIpc) is 2.98. The standard InChI is InChI=1S/C22H14FN3O4/c23-15-5-4-6-16(13-15)24-20-19(14-9-11-18(12-10-14)26(29)30)21(27)25(22(20)28)17-7-2-1-3-8-17/h1-13,24H. The molecule has 3 aromatic rings. The van der Waals surface area contributed by atoms with Gasteiger partial charge in [-0.3, -0.25) is 19.7 Å². The van der Waals surface area contributed by atoms with Gasteiger partial charge in [-0.1, -0.05) is 24.3 Å². The number of hydrogen-bond donors (Lipinski definition) is 1. The van der Waals surface area contributed by atoms with Crippen LogP contribution in [0.25, 0.3) is 5.57 Å². The fraction of sp³-hybridized carbons (Fsp3) is 0. The van der Waals surface area contributed by atoms with Crippen LogP contribution in [-0.2, 0) is 9.59 Å². The van der Waals surface area contributed by atoms with Crippen molar-refractivity contribution in [1.82, 2.24) is 0 Å². The fourth-order valence-electron chi connectivity index (χ4n) is 3.19. The van der Waals surface area contributed by atoms with Crippen molar-refractivity contribution in [3.05, 3.63) is 106 Å². The molecule has 2 amide bonds. The van der Waals surface area contributed by atoms with E-state index in [4.69, 9.17) is 0 Å². The zero-order valence-corrected chi connectivity index (χ0v) is 15.4. The molecular weight excluding hydrogens is 389 g/mol. The molecule has 0 saturated carbocycles. The lowest BCUT2D eigenvalue weighted by molar-refractivity contribution is -0.384. The maximum Gasteiger partial charge on any atom is 0.282 e. The third kappa shape index (κ3) is 3.42. The Bertz CT molecular complexity index is 1190.